The van der Waals surface area contributed by atoms with E-state index in [1.165, 1.54) is 0 Å². The number of amides is 2. The molecule has 3 aromatic rings. The summed E-state index contributed by atoms with van der Waals surface area (Å²) in [6.45, 7) is 0.795. The van der Waals surface area contributed by atoms with E-state index in [1.807, 2.05) is 30.5 Å². The number of benzene rings is 2. The summed E-state index contributed by atoms with van der Waals surface area (Å²) in [5, 5.41) is 4.60. The molecule has 1 aromatic heterocycles. The van der Waals surface area contributed by atoms with Crippen LogP contribution in [0, 0.1) is 0 Å². The maximum Gasteiger partial charge on any atom is 0.259 e. The van der Waals surface area contributed by atoms with Gasteiger partial charge in [-0.05, 0) is 40.0 Å². The topological polar surface area (TPSA) is 51.1 Å². The van der Waals surface area contributed by atoms with Crippen LogP contribution in [0.4, 0.5) is 0 Å². The maximum absolute atomic E-state index is 12.5. The van der Waals surface area contributed by atoms with Gasteiger partial charge in [-0.15, -0.1) is 17.0 Å². The van der Waals surface area contributed by atoms with Crippen molar-refractivity contribution in [2.24, 2.45) is 0 Å². The third-order valence-electron chi connectivity index (χ3n) is 4.50. The first kappa shape index (κ1) is 20.6. The number of aryl methyl sites for hydroxylation is 1. The average Bonchev–Trinajstić information content (AvgIpc) is 3.09. The lowest BCUT2D eigenvalue weighted by atomic mass is 9.94. The van der Waals surface area contributed by atoms with Gasteiger partial charge in [-0.3, -0.25) is 14.9 Å². The number of imide groups is 1. The Kier molecular flexibility index (Phi) is 6.15. The van der Waals surface area contributed by atoms with Gasteiger partial charge < -0.3 is 4.57 Å². The van der Waals surface area contributed by atoms with Crippen molar-refractivity contribution in [2.45, 2.75) is 13.0 Å². The molecule has 27 heavy (non-hydrogen) atoms. The predicted octanol–water partition coefficient (Wildman–Crippen LogP) is 5.97. The number of hydrogen-bond donors (Lipinski definition) is 1. The van der Waals surface area contributed by atoms with E-state index in [-0.39, 0.29) is 28.8 Å². The molecule has 0 unspecified atom stereocenters. The predicted molar refractivity (Wildman–Crippen MR) is 121 cm³/mol. The van der Waals surface area contributed by atoms with Crippen molar-refractivity contribution < 1.29 is 9.59 Å². The van der Waals surface area contributed by atoms with Crippen LogP contribution in [0.3, 0.4) is 0 Å². The number of carbonyl (C=O) groups is 2. The van der Waals surface area contributed by atoms with Crippen LogP contribution in [0.15, 0.2) is 41.0 Å². The molecule has 0 spiro atoms. The van der Waals surface area contributed by atoms with Gasteiger partial charge >= 0.3 is 0 Å². The summed E-state index contributed by atoms with van der Waals surface area (Å²) in [4.78, 5) is 25.0. The quantitative estimate of drug-likeness (QED) is 0.307. The van der Waals surface area contributed by atoms with Gasteiger partial charge in [0.15, 0.2) is 0 Å². The zero-order chi connectivity index (χ0) is 18.4. The normalized spacial score (nSPS) is 12.9. The summed E-state index contributed by atoms with van der Waals surface area (Å²) in [7, 11) is 0. The number of nitrogens with one attached hydrogen (secondary N) is 1. The Morgan fingerprint density at radius 2 is 1.78 bits per heavy atom. The number of alkyl halides is 1. The van der Waals surface area contributed by atoms with Gasteiger partial charge in [-0.1, -0.05) is 45.7 Å². The van der Waals surface area contributed by atoms with Crippen LogP contribution in [-0.2, 0) is 6.54 Å². The molecule has 0 saturated heterocycles. The summed E-state index contributed by atoms with van der Waals surface area (Å²) < 4.78 is 2.89. The van der Waals surface area contributed by atoms with Crippen molar-refractivity contribution in [3.05, 3.63) is 57.2 Å². The minimum Gasteiger partial charge on any atom is -0.346 e. The lowest BCUT2D eigenvalue weighted by Crippen LogP contribution is -2.20. The van der Waals surface area contributed by atoms with E-state index in [1.54, 1.807) is 6.07 Å². The number of nitrogens with zero attached hydrogens (tertiary/aromatic N) is 1. The molecule has 2 amide bonds. The molecule has 0 bridgehead atoms. The van der Waals surface area contributed by atoms with E-state index in [0.29, 0.717) is 21.7 Å². The van der Waals surface area contributed by atoms with E-state index in [4.69, 9.17) is 11.6 Å². The SMILES string of the molecule is Br.O=C1NC(=O)c2c1c(-c1ccccc1Cl)cc1c2c(Br)cn1CCCBr. The zero-order valence-corrected chi connectivity index (χ0v) is 19.5. The van der Waals surface area contributed by atoms with E-state index in [0.717, 1.165) is 39.2 Å². The molecule has 0 fully saturated rings. The standard InChI is InChI=1S/C19H13Br2ClN2O2.BrH/c20-6-3-7-24-9-12(21)16-14(24)8-11(10-4-1-2-5-13(10)22)15-17(16)19(26)23-18(15)25;/h1-2,4-5,8-9H,3,6-7H2,(H,23,25,26);1H. The maximum atomic E-state index is 12.5. The smallest absolute Gasteiger partial charge is 0.259 e. The van der Waals surface area contributed by atoms with Gasteiger partial charge in [0.1, 0.15) is 0 Å². The van der Waals surface area contributed by atoms with Crippen LogP contribution in [0.1, 0.15) is 27.1 Å². The lowest BCUT2D eigenvalue weighted by Gasteiger charge is -2.12. The number of aromatic nitrogens is 1. The van der Waals surface area contributed by atoms with Gasteiger partial charge in [0.05, 0.1) is 16.6 Å². The van der Waals surface area contributed by atoms with Crippen LogP contribution in [0.25, 0.3) is 22.0 Å². The lowest BCUT2D eigenvalue weighted by molar-refractivity contribution is 0.0880. The molecule has 1 aliphatic rings. The van der Waals surface area contributed by atoms with Gasteiger partial charge in [-0.2, -0.15) is 0 Å². The van der Waals surface area contributed by atoms with Crippen LogP contribution >= 0.6 is 60.4 Å². The second kappa shape index (κ2) is 8.07. The largest absolute Gasteiger partial charge is 0.346 e. The van der Waals surface area contributed by atoms with Crippen molar-refractivity contribution in [2.75, 3.05) is 5.33 Å². The summed E-state index contributed by atoms with van der Waals surface area (Å²) in [5.74, 6) is -0.759. The van der Waals surface area contributed by atoms with E-state index in [9.17, 15) is 9.59 Å². The number of halogens is 4. The second-order valence-electron chi connectivity index (χ2n) is 6.04. The summed E-state index contributed by atoms with van der Waals surface area (Å²) in [6.07, 6.45) is 2.90. The van der Waals surface area contributed by atoms with Crippen molar-refractivity contribution in [3.63, 3.8) is 0 Å². The number of carbonyl (C=O) groups excluding carboxylic acids is 2. The molecule has 2 aromatic carbocycles. The molecule has 1 N–H and O–H groups in total. The minimum atomic E-state index is -0.387. The zero-order valence-electron chi connectivity index (χ0n) is 13.9. The van der Waals surface area contributed by atoms with E-state index < -0.39 is 0 Å². The molecule has 4 nitrogen and oxygen atoms in total. The van der Waals surface area contributed by atoms with Crippen molar-refractivity contribution in [1.82, 2.24) is 9.88 Å². The number of fused-ring (bicyclic) bond motifs is 3. The van der Waals surface area contributed by atoms with Crippen LogP contribution in [0.5, 0.6) is 0 Å². The van der Waals surface area contributed by atoms with Crippen LogP contribution in [-0.4, -0.2) is 21.7 Å². The first-order valence-corrected chi connectivity index (χ1v) is 10.3. The van der Waals surface area contributed by atoms with Gasteiger partial charge in [-0.25, -0.2) is 0 Å². The highest BCUT2D eigenvalue weighted by molar-refractivity contribution is 9.10. The summed E-state index contributed by atoms with van der Waals surface area (Å²) >= 11 is 13.4. The molecule has 0 radical (unpaired) electrons. The first-order chi connectivity index (χ1) is 12.5. The molecular weight excluding hydrogens is 563 g/mol. The molecule has 140 valence electrons. The Labute approximate surface area is 188 Å². The molecular formula is C19H14Br3ClN2O2. The highest BCUT2D eigenvalue weighted by Gasteiger charge is 2.34. The monoisotopic (exact) mass is 574 g/mol. The summed E-state index contributed by atoms with van der Waals surface area (Å²) in [6, 6.07) is 9.30. The Hall–Kier alpha value is -1.15. The molecule has 8 heteroatoms. The molecule has 0 saturated carbocycles. The molecule has 0 aliphatic carbocycles. The van der Waals surface area contributed by atoms with Gasteiger partial charge in [0, 0.05) is 38.5 Å². The minimum absolute atomic E-state index is 0. The fourth-order valence-electron chi connectivity index (χ4n) is 3.41. The Morgan fingerprint density at radius 1 is 1.07 bits per heavy atom. The van der Waals surface area contributed by atoms with Crippen LogP contribution in [0.2, 0.25) is 5.02 Å². The molecule has 0 atom stereocenters. The van der Waals surface area contributed by atoms with Crippen LogP contribution < -0.4 is 5.32 Å². The molecule has 1 aliphatic heterocycles. The first-order valence-electron chi connectivity index (χ1n) is 8.04. The highest BCUT2D eigenvalue weighted by Crippen LogP contribution is 2.41. The average molecular weight is 577 g/mol. The number of rotatable bonds is 4. The number of hydrogen-bond acceptors (Lipinski definition) is 2. The Balaban J connectivity index is 0.00000210. The third kappa shape index (κ3) is 3.39. The van der Waals surface area contributed by atoms with E-state index in [2.05, 4.69) is 41.7 Å². The van der Waals surface area contributed by atoms with Gasteiger partial charge in [0.2, 0.25) is 0 Å². The third-order valence-corrected chi connectivity index (χ3v) is 5.99. The van der Waals surface area contributed by atoms with Gasteiger partial charge in [0.25, 0.3) is 11.8 Å². The Bertz CT molecular complexity index is 1080. The fraction of sp³-hybridized carbons (Fsp3) is 0.158. The van der Waals surface area contributed by atoms with Crippen molar-refractivity contribution in [1.29, 1.82) is 0 Å². The van der Waals surface area contributed by atoms with Crippen molar-refractivity contribution >= 4 is 83.2 Å². The van der Waals surface area contributed by atoms with E-state index >= 15 is 0 Å². The molecule has 4 rings (SSSR count). The fourth-order valence-corrected chi connectivity index (χ4v) is 4.54. The Morgan fingerprint density at radius 3 is 2.48 bits per heavy atom. The van der Waals surface area contributed by atoms with Crippen molar-refractivity contribution in [3.8, 4) is 11.1 Å². The second-order valence-corrected chi connectivity index (χ2v) is 8.10. The summed E-state index contributed by atoms with van der Waals surface area (Å²) in [5.41, 5.74) is 3.10. The highest BCUT2D eigenvalue weighted by atomic mass is 79.9. The molecule has 2 heterocycles.